The summed E-state index contributed by atoms with van der Waals surface area (Å²) in [5.41, 5.74) is 9.68. The number of rotatable bonds is 4. The molecule has 0 bridgehead atoms. The molecule has 0 saturated carbocycles. The molecular formula is C39H25N3. The lowest BCUT2D eigenvalue weighted by molar-refractivity contribution is 1.23. The predicted molar refractivity (Wildman–Crippen MR) is 174 cm³/mol. The fourth-order valence-corrected chi connectivity index (χ4v) is 5.83. The highest BCUT2D eigenvalue weighted by molar-refractivity contribution is 6.10. The third-order valence-corrected chi connectivity index (χ3v) is 7.95. The van der Waals surface area contributed by atoms with Crippen LogP contribution in [0.25, 0.3) is 77.5 Å². The number of hydrogen-bond donors (Lipinski definition) is 0. The molecule has 8 rings (SSSR count). The molecule has 0 unspecified atom stereocenters. The highest BCUT2D eigenvalue weighted by atomic mass is 14.9. The average Bonchev–Trinajstić information content (AvgIpc) is 3.08. The second-order valence-electron chi connectivity index (χ2n) is 10.5. The summed E-state index contributed by atoms with van der Waals surface area (Å²) in [5, 5.41) is 4.55. The van der Waals surface area contributed by atoms with Gasteiger partial charge in [0.25, 0.3) is 0 Å². The van der Waals surface area contributed by atoms with E-state index in [0.29, 0.717) is 0 Å². The van der Waals surface area contributed by atoms with Crippen LogP contribution >= 0.6 is 0 Å². The molecule has 196 valence electrons. The number of nitrogens with zero attached hydrogens (tertiary/aromatic N) is 3. The lowest BCUT2D eigenvalue weighted by Crippen LogP contribution is -1.95. The molecule has 0 saturated heterocycles. The van der Waals surface area contributed by atoms with E-state index in [1.165, 1.54) is 22.1 Å². The summed E-state index contributed by atoms with van der Waals surface area (Å²) in [5.74, 6) is 0.718. The molecule has 0 amide bonds. The monoisotopic (exact) mass is 535 g/mol. The van der Waals surface area contributed by atoms with Gasteiger partial charge in [0.05, 0.1) is 16.7 Å². The number of para-hydroxylation sites is 1. The van der Waals surface area contributed by atoms with Gasteiger partial charge in [-0.2, -0.15) is 0 Å². The SMILES string of the molecule is c1ccc(-c2ccc(-c3nc(-c4ccc(-c5cccc6c5ccc5cccnc56)cc4)nc4ccccc34)cc2)cc1. The van der Waals surface area contributed by atoms with Crippen molar-refractivity contribution < 1.29 is 0 Å². The van der Waals surface area contributed by atoms with Crippen molar-refractivity contribution in [1.29, 1.82) is 0 Å². The van der Waals surface area contributed by atoms with Crippen LogP contribution in [0.1, 0.15) is 0 Å². The van der Waals surface area contributed by atoms with Crippen LogP contribution in [0.15, 0.2) is 152 Å². The van der Waals surface area contributed by atoms with E-state index in [9.17, 15) is 0 Å². The van der Waals surface area contributed by atoms with Crippen molar-refractivity contribution >= 4 is 32.6 Å². The molecule has 3 heteroatoms. The van der Waals surface area contributed by atoms with Gasteiger partial charge in [0, 0.05) is 33.5 Å². The minimum absolute atomic E-state index is 0.718. The first-order valence-corrected chi connectivity index (χ1v) is 14.1. The molecular weight excluding hydrogens is 510 g/mol. The highest BCUT2D eigenvalue weighted by Crippen LogP contribution is 2.34. The summed E-state index contributed by atoms with van der Waals surface area (Å²) in [6.07, 6.45) is 1.86. The van der Waals surface area contributed by atoms with Gasteiger partial charge in [-0.3, -0.25) is 4.98 Å². The maximum Gasteiger partial charge on any atom is 0.160 e. The third-order valence-electron chi connectivity index (χ3n) is 7.95. The Kier molecular flexibility index (Phi) is 5.79. The van der Waals surface area contributed by atoms with Gasteiger partial charge in [-0.1, -0.05) is 133 Å². The van der Waals surface area contributed by atoms with Gasteiger partial charge in [0.1, 0.15) is 0 Å². The smallest absolute Gasteiger partial charge is 0.160 e. The Labute approximate surface area is 243 Å². The molecule has 0 radical (unpaired) electrons. The van der Waals surface area contributed by atoms with E-state index < -0.39 is 0 Å². The number of benzene rings is 6. The molecule has 0 atom stereocenters. The molecule has 0 aliphatic carbocycles. The van der Waals surface area contributed by atoms with Crippen molar-refractivity contribution in [1.82, 2.24) is 15.0 Å². The molecule has 0 fully saturated rings. The summed E-state index contributed by atoms with van der Waals surface area (Å²) < 4.78 is 0. The van der Waals surface area contributed by atoms with Crippen molar-refractivity contribution in [3.8, 4) is 44.9 Å². The first-order chi connectivity index (χ1) is 20.8. The van der Waals surface area contributed by atoms with Crippen LogP contribution in [0, 0.1) is 0 Å². The van der Waals surface area contributed by atoms with Crippen LogP contribution in [-0.4, -0.2) is 15.0 Å². The molecule has 0 N–H and O–H groups in total. The fourth-order valence-electron chi connectivity index (χ4n) is 5.83. The first-order valence-electron chi connectivity index (χ1n) is 14.1. The van der Waals surface area contributed by atoms with E-state index in [1.54, 1.807) is 0 Å². The van der Waals surface area contributed by atoms with Gasteiger partial charge in [0.15, 0.2) is 5.82 Å². The quantitative estimate of drug-likeness (QED) is 0.211. The van der Waals surface area contributed by atoms with E-state index in [1.807, 2.05) is 30.5 Å². The molecule has 2 heterocycles. The van der Waals surface area contributed by atoms with Crippen molar-refractivity contribution in [2.75, 3.05) is 0 Å². The van der Waals surface area contributed by atoms with Gasteiger partial charge >= 0.3 is 0 Å². The minimum Gasteiger partial charge on any atom is -0.256 e. The normalized spacial score (nSPS) is 11.3. The molecule has 2 aromatic heterocycles. The molecule has 0 spiro atoms. The zero-order valence-electron chi connectivity index (χ0n) is 22.8. The maximum absolute atomic E-state index is 5.11. The largest absolute Gasteiger partial charge is 0.256 e. The van der Waals surface area contributed by atoms with Crippen molar-refractivity contribution in [3.05, 3.63) is 152 Å². The predicted octanol–water partition coefficient (Wildman–Crippen LogP) is 10.00. The maximum atomic E-state index is 5.11. The highest BCUT2D eigenvalue weighted by Gasteiger charge is 2.13. The number of hydrogen-bond acceptors (Lipinski definition) is 3. The van der Waals surface area contributed by atoms with Crippen LogP contribution in [0.5, 0.6) is 0 Å². The zero-order chi connectivity index (χ0) is 27.9. The molecule has 3 nitrogen and oxygen atoms in total. The van der Waals surface area contributed by atoms with E-state index in [4.69, 9.17) is 9.97 Å². The third kappa shape index (κ3) is 4.20. The number of pyridine rings is 1. The lowest BCUT2D eigenvalue weighted by Gasteiger charge is -2.12. The summed E-state index contributed by atoms with van der Waals surface area (Å²) >= 11 is 0. The van der Waals surface area contributed by atoms with Gasteiger partial charge in [-0.05, 0) is 39.8 Å². The Morgan fingerprint density at radius 1 is 0.381 bits per heavy atom. The van der Waals surface area contributed by atoms with Crippen LogP contribution in [0.2, 0.25) is 0 Å². The number of fused-ring (bicyclic) bond motifs is 4. The van der Waals surface area contributed by atoms with E-state index in [2.05, 4.69) is 126 Å². The van der Waals surface area contributed by atoms with Crippen LogP contribution < -0.4 is 0 Å². The lowest BCUT2D eigenvalue weighted by atomic mass is 9.96. The van der Waals surface area contributed by atoms with E-state index in [0.717, 1.165) is 55.4 Å². The van der Waals surface area contributed by atoms with Gasteiger partial charge in [-0.25, -0.2) is 9.97 Å². The van der Waals surface area contributed by atoms with Crippen LogP contribution in [-0.2, 0) is 0 Å². The topological polar surface area (TPSA) is 38.7 Å². The fraction of sp³-hybridized carbons (Fsp3) is 0. The Hall–Kier alpha value is -5.67. The van der Waals surface area contributed by atoms with Crippen LogP contribution in [0.4, 0.5) is 0 Å². The average molecular weight is 536 g/mol. The van der Waals surface area contributed by atoms with Crippen molar-refractivity contribution in [3.63, 3.8) is 0 Å². The summed E-state index contributed by atoms with van der Waals surface area (Å²) in [6.45, 7) is 0. The molecule has 8 aromatic rings. The Morgan fingerprint density at radius 3 is 1.93 bits per heavy atom. The Morgan fingerprint density at radius 2 is 1.07 bits per heavy atom. The van der Waals surface area contributed by atoms with Crippen LogP contribution in [0.3, 0.4) is 0 Å². The minimum atomic E-state index is 0.718. The standard InChI is InChI=1S/C39H25N3/c1-2-8-26(9-3-1)27-15-19-30(20-16-27)38-35-11-4-5-14-36(35)41-39(42-38)31-21-17-28(18-22-31)32-12-6-13-34-33(32)24-23-29-10-7-25-40-37(29)34/h1-25H. The second kappa shape index (κ2) is 10.1. The molecule has 0 aliphatic heterocycles. The second-order valence-corrected chi connectivity index (χ2v) is 10.5. The zero-order valence-corrected chi connectivity index (χ0v) is 22.8. The Bertz CT molecular complexity index is 2220. The van der Waals surface area contributed by atoms with Gasteiger partial charge in [-0.15, -0.1) is 0 Å². The van der Waals surface area contributed by atoms with Gasteiger partial charge < -0.3 is 0 Å². The van der Waals surface area contributed by atoms with E-state index >= 15 is 0 Å². The molecule has 0 aliphatic rings. The van der Waals surface area contributed by atoms with E-state index in [-0.39, 0.29) is 0 Å². The Balaban J connectivity index is 1.20. The van der Waals surface area contributed by atoms with Crippen molar-refractivity contribution in [2.45, 2.75) is 0 Å². The van der Waals surface area contributed by atoms with Gasteiger partial charge in [0.2, 0.25) is 0 Å². The summed E-state index contributed by atoms with van der Waals surface area (Å²) in [7, 11) is 0. The summed E-state index contributed by atoms with van der Waals surface area (Å²) in [6, 6.07) is 50.8. The van der Waals surface area contributed by atoms with Crippen molar-refractivity contribution in [2.24, 2.45) is 0 Å². The molecule has 6 aromatic carbocycles. The summed E-state index contributed by atoms with van der Waals surface area (Å²) in [4.78, 5) is 14.7. The first kappa shape index (κ1) is 24.2. The molecule has 42 heavy (non-hydrogen) atoms. The number of aromatic nitrogens is 3.